The lowest BCUT2D eigenvalue weighted by atomic mass is 9.95. The van der Waals surface area contributed by atoms with Gasteiger partial charge in [-0.05, 0) is 22.4 Å². The van der Waals surface area contributed by atoms with Crippen molar-refractivity contribution in [3.8, 4) is 0 Å². The Morgan fingerprint density at radius 2 is 2.27 bits per heavy atom. The van der Waals surface area contributed by atoms with E-state index in [0.717, 1.165) is 5.56 Å². The predicted molar refractivity (Wildman–Crippen MR) is 61.7 cm³/mol. The minimum Gasteiger partial charge on any atom is -0.387 e. The minimum atomic E-state index is -0.609. The summed E-state index contributed by atoms with van der Waals surface area (Å²) in [5, 5.41) is 16.2. The minimum absolute atomic E-state index is 0.0446. The summed E-state index contributed by atoms with van der Waals surface area (Å²) >= 11 is 1.54. The summed E-state index contributed by atoms with van der Waals surface area (Å²) in [4.78, 5) is 11.5. The van der Waals surface area contributed by atoms with Crippen molar-refractivity contribution >= 4 is 17.2 Å². The third-order valence-corrected chi connectivity index (χ3v) is 2.77. The Morgan fingerprint density at radius 3 is 2.73 bits per heavy atom. The number of carbonyl (C=O) groups excluding carboxylic acids is 1. The Morgan fingerprint density at radius 1 is 1.60 bits per heavy atom. The van der Waals surface area contributed by atoms with E-state index in [2.05, 4.69) is 5.32 Å². The average Bonchev–Trinajstić information content (AvgIpc) is 2.64. The molecule has 3 nitrogen and oxygen atoms in total. The van der Waals surface area contributed by atoms with Gasteiger partial charge in [0.25, 0.3) is 0 Å². The number of hydrogen-bond donors (Lipinski definition) is 2. The van der Waals surface area contributed by atoms with Gasteiger partial charge in [0.15, 0.2) is 0 Å². The monoisotopic (exact) mass is 227 g/mol. The van der Waals surface area contributed by atoms with Crippen LogP contribution < -0.4 is 5.32 Å². The molecule has 0 aliphatic rings. The highest BCUT2D eigenvalue weighted by molar-refractivity contribution is 7.07. The second-order valence-electron chi connectivity index (χ2n) is 4.53. The molecule has 0 aromatic carbocycles. The lowest BCUT2D eigenvalue weighted by Crippen LogP contribution is -2.37. The van der Waals surface area contributed by atoms with Crippen molar-refractivity contribution in [3.05, 3.63) is 22.4 Å². The van der Waals surface area contributed by atoms with Gasteiger partial charge in [0, 0.05) is 12.0 Å². The van der Waals surface area contributed by atoms with Crippen molar-refractivity contribution in [2.75, 3.05) is 6.54 Å². The van der Waals surface area contributed by atoms with Gasteiger partial charge in [0.1, 0.15) is 0 Å². The Labute approximate surface area is 94.1 Å². The summed E-state index contributed by atoms with van der Waals surface area (Å²) in [5.41, 5.74) is 0.447. The van der Waals surface area contributed by atoms with Crippen LogP contribution in [0.2, 0.25) is 0 Å². The molecule has 1 atom stereocenters. The summed E-state index contributed by atoms with van der Waals surface area (Å²) in [7, 11) is 0. The van der Waals surface area contributed by atoms with Crippen LogP contribution in [-0.4, -0.2) is 17.6 Å². The fourth-order valence-electron chi connectivity index (χ4n) is 1.04. The number of aliphatic hydroxyl groups is 1. The number of thiophene rings is 1. The second kappa shape index (κ2) is 4.77. The molecule has 0 aliphatic heterocycles. The molecule has 2 N–H and O–H groups in total. The highest BCUT2D eigenvalue weighted by atomic mass is 32.1. The van der Waals surface area contributed by atoms with E-state index >= 15 is 0 Å². The lowest BCUT2D eigenvalue weighted by molar-refractivity contribution is -0.128. The van der Waals surface area contributed by atoms with Crippen LogP contribution in [0.5, 0.6) is 0 Å². The molecule has 0 fully saturated rings. The van der Waals surface area contributed by atoms with Gasteiger partial charge < -0.3 is 10.4 Å². The third-order valence-electron chi connectivity index (χ3n) is 2.07. The fourth-order valence-corrected chi connectivity index (χ4v) is 1.74. The van der Waals surface area contributed by atoms with Crippen molar-refractivity contribution in [1.82, 2.24) is 5.32 Å². The summed E-state index contributed by atoms with van der Waals surface area (Å²) in [6.07, 6.45) is -0.609. The van der Waals surface area contributed by atoms with Crippen LogP contribution in [0.25, 0.3) is 0 Å². The van der Waals surface area contributed by atoms with Crippen LogP contribution in [0.3, 0.4) is 0 Å². The molecule has 1 aromatic rings. The first-order chi connectivity index (χ1) is 6.91. The van der Waals surface area contributed by atoms with E-state index < -0.39 is 11.5 Å². The summed E-state index contributed by atoms with van der Waals surface area (Å²) in [5.74, 6) is -0.0446. The van der Waals surface area contributed by atoms with Crippen LogP contribution in [0.1, 0.15) is 32.4 Å². The van der Waals surface area contributed by atoms with Gasteiger partial charge in [-0.2, -0.15) is 11.3 Å². The van der Waals surface area contributed by atoms with Gasteiger partial charge in [0.2, 0.25) is 5.91 Å². The number of carbonyl (C=O) groups is 1. The SMILES string of the molecule is CC(C)(C)C(=O)NC[C@H](O)c1ccsc1. The maximum Gasteiger partial charge on any atom is 0.225 e. The first-order valence-corrected chi connectivity index (χ1v) is 5.84. The largest absolute Gasteiger partial charge is 0.387 e. The summed E-state index contributed by atoms with van der Waals surface area (Å²) in [6.45, 7) is 5.81. The van der Waals surface area contributed by atoms with Crippen molar-refractivity contribution in [3.63, 3.8) is 0 Å². The van der Waals surface area contributed by atoms with E-state index in [9.17, 15) is 9.90 Å². The smallest absolute Gasteiger partial charge is 0.225 e. The maximum atomic E-state index is 11.5. The molecule has 4 heteroatoms. The molecule has 0 aliphatic carbocycles. The Balaban J connectivity index is 2.42. The molecule has 84 valence electrons. The van der Waals surface area contributed by atoms with E-state index in [1.165, 1.54) is 11.3 Å². The zero-order valence-electron chi connectivity index (χ0n) is 9.28. The highest BCUT2D eigenvalue weighted by Gasteiger charge is 2.21. The number of aliphatic hydroxyl groups excluding tert-OH is 1. The van der Waals surface area contributed by atoms with Crippen molar-refractivity contribution < 1.29 is 9.90 Å². The molecule has 1 rings (SSSR count). The van der Waals surface area contributed by atoms with E-state index in [4.69, 9.17) is 0 Å². The molecule has 0 radical (unpaired) electrons. The molecule has 15 heavy (non-hydrogen) atoms. The number of rotatable bonds is 3. The number of amides is 1. The molecule has 0 spiro atoms. The van der Waals surface area contributed by atoms with Crippen molar-refractivity contribution in [2.45, 2.75) is 26.9 Å². The molecule has 0 saturated heterocycles. The standard InChI is InChI=1S/C11H17NO2S/c1-11(2,3)10(14)12-6-9(13)8-4-5-15-7-8/h4-5,7,9,13H,6H2,1-3H3,(H,12,14)/t9-/m0/s1. The van der Waals surface area contributed by atoms with Gasteiger partial charge in [-0.15, -0.1) is 0 Å². The first-order valence-electron chi connectivity index (χ1n) is 4.89. The molecule has 0 saturated carbocycles. The molecular weight excluding hydrogens is 210 g/mol. The summed E-state index contributed by atoms with van der Waals surface area (Å²) < 4.78 is 0. The Kier molecular flexibility index (Phi) is 3.88. The average molecular weight is 227 g/mol. The van der Waals surface area contributed by atoms with Crippen LogP contribution in [-0.2, 0) is 4.79 Å². The second-order valence-corrected chi connectivity index (χ2v) is 5.31. The molecule has 1 amide bonds. The molecule has 0 bridgehead atoms. The maximum absolute atomic E-state index is 11.5. The predicted octanol–water partition coefficient (Wildman–Crippen LogP) is 1.94. The first kappa shape index (κ1) is 12.2. The Bertz CT molecular complexity index is 314. The van der Waals surface area contributed by atoms with E-state index in [1.807, 2.05) is 37.6 Å². The molecule has 1 aromatic heterocycles. The molecular formula is C11H17NO2S. The lowest BCUT2D eigenvalue weighted by Gasteiger charge is -2.19. The highest BCUT2D eigenvalue weighted by Crippen LogP contribution is 2.16. The van der Waals surface area contributed by atoms with E-state index in [0.29, 0.717) is 0 Å². The van der Waals surface area contributed by atoms with Crippen LogP contribution >= 0.6 is 11.3 Å². The van der Waals surface area contributed by atoms with Gasteiger partial charge in [-0.3, -0.25) is 4.79 Å². The van der Waals surface area contributed by atoms with Crippen LogP contribution in [0, 0.1) is 5.41 Å². The normalized spacial score (nSPS) is 13.6. The van der Waals surface area contributed by atoms with Crippen molar-refractivity contribution in [2.24, 2.45) is 5.41 Å². The summed E-state index contributed by atoms with van der Waals surface area (Å²) in [6, 6.07) is 1.86. The third kappa shape index (κ3) is 3.64. The molecule has 1 heterocycles. The quantitative estimate of drug-likeness (QED) is 0.829. The van der Waals surface area contributed by atoms with E-state index in [-0.39, 0.29) is 12.5 Å². The van der Waals surface area contributed by atoms with Gasteiger partial charge in [-0.25, -0.2) is 0 Å². The number of hydrogen-bond acceptors (Lipinski definition) is 3. The zero-order chi connectivity index (χ0) is 11.5. The van der Waals surface area contributed by atoms with Crippen LogP contribution in [0.4, 0.5) is 0 Å². The topological polar surface area (TPSA) is 49.3 Å². The van der Waals surface area contributed by atoms with Crippen molar-refractivity contribution in [1.29, 1.82) is 0 Å². The number of nitrogens with one attached hydrogen (secondary N) is 1. The fraction of sp³-hybridized carbons (Fsp3) is 0.545. The zero-order valence-corrected chi connectivity index (χ0v) is 10.1. The van der Waals surface area contributed by atoms with Gasteiger partial charge in [-0.1, -0.05) is 20.8 Å². The Hall–Kier alpha value is -0.870. The van der Waals surface area contributed by atoms with Crippen LogP contribution in [0.15, 0.2) is 16.8 Å². The molecule has 0 unspecified atom stereocenters. The van der Waals surface area contributed by atoms with Gasteiger partial charge >= 0.3 is 0 Å². The van der Waals surface area contributed by atoms with E-state index in [1.54, 1.807) is 0 Å². The van der Waals surface area contributed by atoms with Gasteiger partial charge in [0.05, 0.1) is 6.10 Å².